The Labute approximate surface area is 384 Å². The molecule has 15 nitrogen and oxygen atoms in total. The van der Waals surface area contributed by atoms with Crippen LogP contribution < -0.4 is 14.8 Å². The fourth-order valence-corrected chi connectivity index (χ4v) is 9.91. The molecule has 2 N–H and O–H groups in total. The summed E-state index contributed by atoms with van der Waals surface area (Å²) in [6.45, 7) is 9.23. The van der Waals surface area contributed by atoms with E-state index >= 15 is 0 Å². The number of aliphatic hydroxyl groups excluding tert-OH is 1. The van der Waals surface area contributed by atoms with Crippen LogP contribution in [-0.4, -0.2) is 93.1 Å². The first-order chi connectivity index (χ1) is 32.1. The molecule has 2 aromatic heterocycles. The van der Waals surface area contributed by atoms with Gasteiger partial charge in [0.25, 0.3) is 11.8 Å². The van der Waals surface area contributed by atoms with Crippen LogP contribution in [0.1, 0.15) is 91.9 Å². The van der Waals surface area contributed by atoms with Crippen molar-refractivity contribution >= 4 is 5.91 Å². The largest absolute Gasteiger partial charge is 0.490 e. The fraction of sp³-hybridized carbons (Fsp3) is 0.392. The van der Waals surface area contributed by atoms with E-state index in [1.54, 1.807) is 36.2 Å². The molecular formula is C51H53N9O6. The first-order valence-electron chi connectivity index (χ1n) is 22.8. The topological polar surface area (TPSA) is 200 Å². The van der Waals surface area contributed by atoms with Crippen LogP contribution in [0.15, 0.2) is 81.8 Å². The highest BCUT2D eigenvalue weighted by Gasteiger charge is 2.32. The molecule has 0 saturated carbocycles. The van der Waals surface area contributed by atoms with E-state index in [1.807, 2.05) is 50.2 Å². The summed E-state index contributed by atoms with van der Waals surface area (Å²) in [5.74, 6) is 2.86. The van der Waals surface area contributed by atoms with Crippen molar-refractivity contribution in [3.63, 3.8) is 0 Å². The van der Waals surface area contributed by atoms with Gasteiger partial charge in [-0.05, 0) is 130 Å². The first-order valence-corrected chi connectivity index (χ1v) is 22.8. The summed E-state index contributed by atoms with van der Waals surface area (Å²) in [7, 11) is 1.71. The lowest BCUT2D eigenvalue weighted by Gasteiger charge is -2.24. The number of likely N-dealkylation sites (N-methyl/N-ethyl adjacent to an activating group) is 1. The Hall–Kier alpha value is -6.91. The molecule has 0 bridgehead atoms. The number of carbonyl (C=O) groups excluding carboxylic acids is 1. The Morgan fingerprint density at radius 1 is 0.848 bits per heavy atom. The number of hydrogen-bond acceptors (Lipinski definition) is 14. The van der Waals surface area contributed by atoms with Gasteiger partial charge in [-0.1, -0.05) is 46.7 Å². The minimum Gasteiger partial charge on any atom is -0.490 e. The van der Waals surface area contributed by atoms with Crippen molar-refractivity contribution in [3.8, 4) is 69.3 Å². The highest BCUT2D eigenvalue weighted by Crippen LogP contribution is 2.41. The summed E-state index contributed by atoms with van der Waals surface area (Å²) >= 11 is 0. The Morgan fingerprint density at radius 3 is 2.08 bits per heavy atom. The van der Waals surface area contributed by atoms with E-state index in [0.29, 0.717) is 63.1 Å². The molecule has 3 heterocycles. The van der Waals surface area contributed by atoms with Gasteiger partial charge in [-0.25, -0.2) is 0 Å². The molecule has 4 aromatic carbocycles. The number of nitrogens with zero attached hydrogens (tertiary/aromatic N) is 8. The van der Waals surface area contributed by atoms with Gasteiger partial charge in [0, 0.05) is 55.0 Å². The third-order valence-electron chi connectivity index (χ3n) is 13.1. The molecule has 66 heavy (non-hydrogen) atoms. The summed E-state index contributed by atoms with van der Waals surface area (Å²) < 4.78 is 23.5. The molecule has 338 valence electrons. The van der Waals surface area contributed by atoms with Crippen LogP contribution in [0.4, 0.5) is 0 Å². The third-order valence-corrected chi connectivity index (χ3v) is 13.1. The fourth-order valence-electron chi connectivity index (χ4n) is 9.91. The molecule has 2 aliphatic carbocycles. The molecule has 1 saturated heterocycles. The maximum absolute atomic E-state index is 12.2. The standard InChI is InChI=1S/C51H53N9O6/c1-30(2)63-45-17-11-33(24-35(45)26-52)50-55-48(57-65-50)41-9-5-7-39-37(41)13-15-43(39)54-20-22-60-21-19-32(28-60)23-31(3)64-46-18-12-34(25-36(46)27-53)51-56-49(58-66-51)42-10-6-8-40-38(42)14-16-44(40)59(4)47(62)29-61/h5-12,17-18,24-25,30-32,43-44,54,61H,13-16,19-23,28-29H2,1-4H3/t31?,32?,43?,44-/m0/s1. The van der Waals surface area contributed by atoms with Gasteiger partial charge < -0.3 is 38.7 Å². The van der Waals surface area contributed by atoms with E-state index in [2.05, 4.69) is 51.7 Å². The van der Waals surface area contributed by atoms with Crippen molar-refractivity contribution in [3.05, 3.63) is 106 Å². The van der Waals surface area contributed by atoms with Crippen LogP contribution in [0.5, 0.6) is 11.5 Å². The number of benzene rings is 4. The quantitative estimate of drug-likeness (QED) is 0.0952. The average Bonchev–Trinajstić information content (AvgIpc) is 4.20. The minimum atomic E-state index is -0.530. The first kappa shape index (κ1) is 44.3. The number of carbonyl (C=O) groups is 1. The normalized spacial score (nSPS) is 18.2. The maximum Gasteiger partial charge on any atom is 0.258 e. The van der Waals surface area contributed by atoms with Gasteiger partial charge in [0.1, 0.15) is 30.2 Å². The van der Waals surface area contributed by atoms with Crippen LogP contribution in [-0.2, 0) is 17.6 Å². The zero-order valence-corrected chi connectivity index (χ0v) is 37.7. The van der Waals surface area contributed by atoms with Gasteiger partial charge in [0.2, 0.25) is 17.6 Å². The highest BCUT2D eigenvalue weighted by molar-refractivity contribution is 5.78. The molecule has 6 aromatic rings. The van der Waals surface area contributed by atoms with E-state index in [9.17, 15) is 20.4 Å². The number of hydrogen-bond donors (Lipinski definition) is 2. The number of likely N-dealkylation sites (tertiary alicyclic amines) is 1. The zero-order chi connectivity index (χ0) is 45.9. The van der Waals surface area contributed by atoms with Crippen LogP contribution in [0, 0.1) is 28.6 Å². The monoisotopic (exact) mass is 887 g/mol. The van der Waals surface area contributed by atoms with E-state index in [0.717, 1.165) is 87.0 Å². The number of nitrogens with one attached hydrogen (secondary N) is 1. The summed E-state index contributed by atoms with van der Waals surface area (Å²) in [5, 5.41) is 41.7. The molecule has 0 radical (unpaired) electrons. The van der Waals surface area contributed by atoms with Crippen molar-refractivity contribution in [1.29, 1.82) is 10.5 Å². The molecule has 1 fully saturated rings. The van der Waals surface area contributed by atoms with E-state index in [4.69, 9.17) is 28.5 Å². The highest BCUT2D eigenvalue weighted by atomic mass is 16.5. The SMILES string of the molecule is CC(C)Oc1ccc(-c2nc(-c3cccc4c3CCC4NCCN3CCC(CC(C)Oc4ccc(-c5nc(-c6cccc7c6CC[C@@H]7N(C)C(=O)CO)no5)cc4C#N)C3)no2)cc1C#N. The third kappa shape index (κ3) is 9.15. The van der Waals surface area contributed by atoms with E-state index in [-0.39, 0.29) is 30.2 Å². The Kier molecular flexibility index (Phi) is 12.9. The van der Waals surface area contributed by atoms with E-state index in [1.165, 1.54) is 11.1 Å². The second-order valence-corrected chi connectivity index (χ2v) is 17.8. The second kappa shape index (κ2) is 19.3. The Morgan fingerprint density at radius 2 is 1.45 bits per heavy atom. The smallest absolute Gasteiger partial charge is 0.258 e. The predicted molar refractivity (Wildman–Crippen MR) is 245 cm³/mol. The van der Waals surface area contributed by atoms with Crippen molar-refractivity contribution in [2.24, 2.45) is 5.92 Å². The number of fused-ring (bicyclic) bond motifs is 2. The second-order valence-electron chi connectivity index (χ2n) is 17.8. The Balaban J connectivity index is 0.760. The lowest BCUT2D eigenvalue weighted by atomic mass is 10.0. The lowest BCUT2D eigenvalue weighted by Crippen LogP contribution is -2.32. The maximum atomic E-state index is 12.2. The number of rotatable bonds is 16. The molecule has 15 heteroatoms. The van der Waals surface area contributed by atoms with Gasteiger partial charge in [-0.3, -0.25) is 4.79 Å². The number of ether oxygens (including phenoxy) is 2. The van der Waals surface area contributed by atoms with Crippen molar-refractivity contribution in [2.45, 2.75) is 83.6 Å². The number of aliphatic hydroxyl groups is 1. The van der Waals surface area contributed by atoms with Crippen molar-refractivity contribution in [1.82, 2.24) is 35.4 Å². The molecule has 9 rings (SSSR count). The number of amides is 1. The molecule has 1 aliphatic heterocycles. The van der Waals surface area contributed by atoms with E-state index < -0.39 is 6.61 Å². The van der Waals surface area contributed by atoms with Crippen molar-refractivity contribution < 1.29 is 28.4 Å². The minimum absolute atomic E-state index is 0.0476. The summed E-state index contributed by atoms with van der Waals surface area (Å²) in [5.41, 5.74) is 8.50. The predicted octanol–water partition coefficient (Wildman–Crippen LogP) is 7.85. The zero-order valence-electron chi connectivity index (χ0n) is 37.7. The van der Waals surface area contributed by atoms with Crippen molar-refractivity contribution in [2.75, 3.05) is 39.8 Å². The lowest BCUT2D eigenvalue weighted by molar-refractivity contribution is -0.135. The number of nitriles is 2. The molecule has 3 aliphatic rings. The van der Waals surface area contributed by atoms with Gasteiger partial charge in [0.15, 0.2) is 0 Å². The Bertz CT molecular complexity index is 2820. The molecule has 0 spiro atoms. The number of aromatic nitrogens is 4. The molecule has 1 amide bonds. The van der Waals surface area contributed by atoms with Crippen LogP contribution in [0.25, 0.3) is 45.7 Å². The average molecular weight is 888 g/mol. The van der Waals surface area contributed by atoms with Crippen LogP contribution in [0.2, 0.25) is 0 Å². The van der Waals surface area contributed by atoms with Crippen LogP contribution in [0.3, 0.4) is 0 Å². The van der Waals surface area contributed by atoms with Gasteiger partial charge in [0.05, 0.1) is 29.4 Å². The van der Waals surface area contributed by atoms with Crippen LogP contribution >= 0.6 is 0 Å². The summed E-state index contributed by atoms with van der Waals surface area (Å²) in [6, 6.07) is 27.5. The van der Waals surface area contributed by atoms with Gasteiger partial charge in [-0.2, -0.15) is 20.5 Å². The van der Waals surface area contributed by atoms with Gasteiger partial charge in [-0.15, -0.1) is 0 Å². The summed E-state index contributed by atoms with van der Waals surface area (Å²) in [4.78, 5) is 25.8. The summed E-state index contributed by atoms with van der Waals surface area (Å²) in [6.07, 6.45) is 5.23. The molecular weight excluding hydrogens is 835 g/mol. The molecule has 4 atom stereocenters. The molecule has 3 unspecified atom stereocenters. The van der Waals surface area contributed by atoms with Gasteiger partial charge >= 0.3 is 0 Å².